The Morgan fingerprint density at radius 1 is 1.30 bits per heavy atom. The molecule has 20 heavy (non-hydrogen) atoms. The number of rotatable bonds is 3. The van der Waals surface area contributed by atoms with Crippen LogP contribution in [0.25, 0.3) is 5.57 Å². The number of aromatic nitrogens is 3. The van der Waals surface area contributed by atoms with Gasteiger partial charge < -0.3 is 10.2 Å². The van der Waals surface area contributed by atoms with Crippen LogP contribution in [0.4, 0.5) is 10.9 Å². The van der Waals surface area contributed by atoms with Crippen molar-refractivity contribution in [3.63, 3.8) is 0 Å². The lowest BCUT2D eigenvalue weighted by Gasteiger charge is -2.28. The normalized spacial score (nSPS) is 15.6. The zero-order chi connectivity index (χ0) is 13.9. The number of hydrogen-bond donors (Lipinski definition) is 1. The summed E-state index contributed by atoms with van der Waals surface area (Å²) in [6.45, 7) is 1.61. The second-order valence-electron chi connectivity index (χ2n) is 4.41. The molecule has 2 aromatic rings. The van der Waals surface area contributed by atoms with E-state index in [4.69, 9.17) is 11.6 Å². The van der Waals surface area contributed by atoms with E-state index in [0.717, 1.165) is 46.8 Å². The average molecular weight is 308 g/mol. The van der Waals surface area contributed by atoms with Crippen LogP contribution in [0.2, 0.25) is 0 Å². The molecule has 104 valence electrons. The topological polar surface area (TPSA) is 53.9 Å². The number of anilines is 2. The fourth-order valence-electron chi connectivity index (χ4n) is 2.11. The van der Waals surface area contributed by atoms with E-state index in [-0.39, 0.29) is 0 Å². The predicted octanol–water partition coefficient (Wildman–Crippen LogP) is 2.84. The Morgan fingerprint density at radius 3 is 2.85 bits per heavy atom. The van der Waals surface area contributed by atoms with E-state index in [1.165, 1.54) is 0 Å². The molecule has 3 rings (SSSR count). The Morgan fingerprint density at radius 2 is 2.20 bits per heavy atom. The molecule has 0 aliphatic carbocycles. The minimum atomic E-state index is 0.722. The first-order valence-electron chi connectivity index (χ1n) is 6.30. The minimum absolute atomic E-state index is 0.722. The number of nitrogens with zero attached hydrogens (tertiary/aromatic N) is 4. The molecule has 0 radical (unpaired) electrons. The van der Waals surface area contributed by atoms with Crippen LogP contribution in [0.15, 0.2) is 29.0 Å². The van der Waals surface area contributed by atoms with Crippen molar-refractivity contribution in [1.82, 2.24) is 15.0 Å². The van der Waals surface area contributed by atoms with Crippen molar-refractivity contribution in [2.45, 2.75) is 6.42 Å². The van der Waals surface area contributed by atoms with E-state index >= 15 is 0 Å². The third-order valence-corrected chi connectivity index (χ3v) is 4.43. The van der Waals surface area contributed by atoms with Crippen molar-refractivity contribution < 1.29 is 0 Å². The first kappa shape index (κ1) is 13.3. The molecule has 1 aliphatic heterocycles. The maximum absolute atomic E-state index is 6.37. The van der Waals surface area contributed by atoms with Crippen molar-refractivity contribution in [2.75, 3.05) is 30.4 Å². The van der Waals surface area contributed by atoms with Crippen LogP contribution in [0.1, 0.15) is 12.1 Å². The van der Waals surface area contributed by atoms with Gasteiger partial charge in [-0.05, 0) is 0 Å². The van der Waals surface area contributed by atoms with Gasteiger partial charge in [0.25, 0.3) is 0 Å². The van der Waals surface area contributed by atoms with Gasteiger partial charge in [-0.2, -0.15) is 0 Å². The van der Waals surface area contributed by atoms with E-state index < -0.39 is 0 Å². The third kappa shape index (κ3) is 2.62. The molecule has 1 aliphatic rings. The summed E-state index contributed by atoms with van der Waals surface area (Å²) in [7, 11) is 1.82. The molecule has 7 heteroatoms. The molecule has 0 fully saturated rings. The Hall–Kier alpha value is -1.66. The molecule has 1 N–H and O–H groups in total. The monoisotopic (exact) mass is 307 g/mol. The van der Waals surface area contributed by atoms with E-state index in [1.54, 1.807) is 23.7 Å². The van der Waals surface area contributed by atoms with Crippen LogP contribution < -0.4 is 10.2 Å². The van der Waals surface area contributed by atoms with Crippen LogP contribution >= 0.6 is 22.9 Å². The Balaban J connectivity index is 1.86. The van der Waals surface area contributed by atoms with E-state index in [1.807, 2.05) is 18.6 Å². The summed E-state index contributed by atoms with van der Waals surface area (Å²) in [5.74, 6) is 0.748. The summed E-state index contributed by atoms with van der Waals surface area (Å²) in [6, 6.07) is 0. The highest BCUT2D eigenvalue weighted by atomic mass is 35.5. The highest BCUT2D eigenvalue weighted by molar-refractivity contribution is 7.13. The first-order chi connectivity index (χ1) is 9.78. The van der Waals surface area contributed by atoms with Crippen LogP contribution in [-0.2, 0) is 0 Å². The molecule has 0 spiro atoms. The summed E-state index contributed by atoms with van der Waals surface area (Å²) < 4.78 is 0. The smallest absolute Gasteiger partial charge is 0.185 e. The standard InChI is InChI=1S/C13H14ClN5S/c1-15-12-7-17-11(6-18-12)9-8-19(4-2-10(9)14)13-16-3-5-20-13/h3,5-7H,2,4,8H2,1H3,(H,15,18). The SMILES string of the molecule is CNc1cnc(C2=C(Cl)CCN(c3nccs3)C2)cn1. The van der Waals surface area contributed by atoms with Gasteiger partial charge in [0.05, 0.1) is 18.1 Å². The Kier molecular flexibility index (Phi) is 3.84. The number of halogens is 1. The maximum atomic E-state index is 6.37. The van der Waals surface area contributed by atoms with Gasteiger partial charge in [-0.25, -0.2) is 9.97 Å². The quantitative estimate of drug-likeness (QED) is 0.945. The third-order valence-electron chi connectivity index (χ3n) is 3.18. The van der Waals surface area contributed by atoms with Crippen LogP contribution in [-0.4, -0.2) is 35.1 Å². The predicted molar refractivity (Wildman–Crippen MR) is 83.3 cm³/mol. The summed E-state index contributed by atoms with van der Waals surface area (Å²) in [5.41, 5.74) is 1.86. The van der Waals surface area contributed by atoms with Crippen molar-refractivity contribution in [3.8, 4) is 0 Å². The second kappa shape index (κ2) is 5.76. The highest BCUT2D eigenvalue weighted by Crippen LogP contribution is 2.31. The lowest BCUT2D eigenvalue weighted by molar-refractivity contribution is 0.815. The lowest BCUT2D eigenvalue weighted by atomic mass is 10.1. The van der Waals surface area contributed by atoms with Crippen LogP contribution in [0.3, 0.4) is 0 Å². The van der Waals surface area contributed by atoms with Gasteiger partial charge in [0.2, 0.25) is 0 Å². The number of hydrogen-bond acceptors (Lipinski definition) is 6. The molecule has 5 nitrogen and oxygen atoms in total. The van der Waals surface area contributed by atoms with Gasteiger partial charge in [-0.15, -0.1) is 11.3 Å². The molecule has 2 aromatic heterocycles. The summed E-state index contributed by atoms with van der Waals surface area (Å²) in [4.78, 5) is 15.3. The fraction of sp³-hybridized carbons (Fsp3) is 0.308. The zero-order valence-electron chi connectivity index (χ0n) is 11.0. The van der Waals surface area contributed by atoms with Gasteiger partial charge in [-0.3, -0.25) is 4.98 Å². The molecule has 0 aromatic carbocycles. The van der Waals surface area contributed by atoms with Crippen molar-refractivity contribution >= 4 is 39.5 Å². The fourth-order valence-corrected chi connectivity index (χ4v) is 3.02. The van der Waals surface area contributed by atoms with Crippen molar-refractivity contribution in [3.05, 3.63) is 34.7 Å². The van der Waals surface area contributed by atoms with Gasteiger partial charge in [-0.1, -0.05) is 11.6 Å². The van der Waals surface area contributed by atoms with Gasteiger partial charge in [0.15, 0.2) is 5.13 Å². The largest absolute Gasteiger partial charge is 0.372 e. The van der Waals surface area contributed by atoms with Gasteiger partial charge >= 0.3 is 0 Å². The van der Waals surface area contributed by atoms with Crippen LogP contribution in [0, 0.1) is 0 Å². The van der Waals surface area contributed by atoms with Crippen LogP contribution in [0.5, 0.6) is 0 Å². The molecule has 0 bridgehead atoms. The second-order valence-corrected chi connectivity index (χ2v) is 5.74. The first-order valence-corrected chi connectivity index (χ1v) is 7.56. The van der Waals surface area contributed by atoms with Gasteiger partial charge in [0, 0.05) is 48.7 Å². The highest BCUT2D eigenvalue weighted by Gasteiger charge is 2.21. The molecule has 0 saturated heterocycles. The molecule has 0 unspecified atom stereocenters. The van der Waals surface area contributed by atoms with Crippen molar-refractivity contribution in [1.29, 1.82) is 0 Å². The Bertz CT molecular complexity index is 608. The van der Waals surface area contributed by atoms with E-state index in [9.17, 15) is 0 Å². The molecule has 0 amide bonds. The Labute approximate surface area is 126 Å². The molecular formula is C13H14ClN5S. The molecular weight excluding hydrogens is 294 g/mol. The van der Waals surface area contributed by atoms with Gasteiger partial charge in [0.1, 0.15) is 5.82 Å². The zero-order valence-corrected chi connectivity index (χ0v) is 12.6. The summed E-state index contributed by atoms with van der Waals surface area (Å²) in [5, 5.41) is 6.83. The molecule has 0 atom stereocenters. The summed E-state index contributed by atoms with van der Waals surface area (Å²) >= 11 is 8.01. The molecule has 3 heterocycles. The number of thiazole rings is 1. The molecule has 0 saturated carbocycles. The average Bonchev–Trinajstić information content (AvgIpc) is 3.02. The summed E-state index contributed by atoms with van der Waals surface area (Å²) in [6.07, 6.45) is 6.11. The van der Waals surface area contributed by atoms with E-state index in [2.05, 4.69) is 25.2 Å². The maximum Gasteiger partial charge on any atom is 0.185 e. The minimum Gasteiger partial charge on any atom is -0.372 e. The number of nitrogens with one attached hydrogen (secondary N) is 1. The van der Waals surface area contributed by atoms with E-state index in [0.29, 0.717) is 0 Å². The lowest BCUT2D eigenvalue weighted by Crippen LogP contribution is -2.30. The van der Waals surface area contributed by atoms with Crippen molar-refractivity contribution in [2.24, 2.45) is 0 Å².